The van der Waals surface area contributed by atoms with Gasteiger partial charge in [-0.3, -0.25) is 14.4 Å². The van der Waals surface area contributed by atoms with Gasteiger partial charge in [-0.25, -0.2) is 0 Å². The van der Waals surface area contributed by atoms with Gasteiger partial charge in [-0.15, -0.1) is 6.58 Å². The summed E-state index contributed by atoms with van der Waals surface area (Å²) in [5, 5.41) is 10.6. The van der Waals surface area contributed by atoms with Gasteiger partial charge in [0.2, 0.25) is 5.91 Å². The molecule has 5 rings (SSSR count). The van der Waals surface area contributed by atoms with Crippen LogP contribution in [0.25, 0.3) is 0 Å². The number of carbonyl (C=O) groups is 3. The van der Waals surface area contributed by atoms with Gasteiger partial charge in [0.25, 0.3) is 5.91 Å². The molecule has 8 heteroatoms. The first-order valence-electron chi connectivity index (χ1n) is 13.6. The van der Waals surface area contributed by atoms with E-state index in [1.807, 2.05) is 62.4 Å². The van der Waals surface area contributed by atoms with E-state index in [4.69, 9.17) is 9.47 Å². The molecule has 2 aromatic carbocycles. The quantitative estimate of drug-likeness (QED) is 0.392. The monoisotopic (exact) mass is 532 g/mol. The van der Waals surface area contributed by atoms with Crippen LogP contribution in [0.2, 0.25) is 0 Å². The molecule has 1 N–H and O–H groups in total. The normalized spacial score (nSPS) is 27.8. The Bertz CT molecular complexity index is 1260. The summed E-state index contributed by atoms with van der Waals surface area (Å²) in [6.45, 7) is 9.53. The zero-order valence-corrected chi connectivity index (χ0v) is 22.7. The van der Waals surface area contributed by atoms with Gasteiger partial charge in [0, 0.05) is 12.2 Å². The molecular weight excluding hydrogens is 496 g/mol. The van der Waals surface area contributed by atoms with E-state index in [-0.39, 0.29) is 31.6 Å². The van der Waals surface area contributed by atoms with Crippen molar-refractivity contribution in [2.24, 2.45) is 11.8 Å². The molecule has 3 aliphatic rings. The number of anilines is 1. The second-order valence-corrected chi connectivity index (χ2v) is 10.6. The SMILES string of the molecule is C=CCN(C(=O)C1N([C@H](CO)c2ccccc2)C(=O)[C@@H]2[C@H](C(=O)OCC)[C@@H]3CCC12O3)c1c(C)cccc1C. The molecule has 0 aliphatic carbocycles. The van der Waals surface area contributed by atoms with E-state index in [0.29, 0.717) is 18.4 Å². The smallest absolute Gasteiger partial charge is 0.312 e. The number of para-hydroxylation sites is 1. The van der Waals surface area contributed by atoms with Gasteiger partial charge in [-0.2, -0.15) is 0 Å². The van der Waals surface area contributed by atoms with Crippen molar-refractivity contribution in [1.82, 2.24) is 4.90 Å². The zero-order valence-electron chi connectivity index (χ0n) is 22.7. The largest absolute Gasteiger partial charge is 0.466 e. The number of amides is 2. The molecule has 0 aromatic heterocycles. The fourth-order valence-electron chi connectivity index (χ4n) is 7.04. The second kappa shape index (κ2) is 10.6. The molecular formula is C31H36N2O6. The maximum absolute atomic E-state index is 14.8. The topological polar surface area (TPSA) is 96.4 Å². The first-order chi connectivity index (χ1) is 18.8. The highest BCUT2D eigenvalue weighted by Crippen LogP contribution is 2.60. The Labute approximate surface area is 229 Å². The Morgan fingerprint density at radius 1 is 1.21 bits per heavy atom. The third-order valence-electron chi connectivity index (χ3n) is 8.51. The summed E-state index contributed by atoms with van der Waals surface area (Å²) in [5.74, 6) is -2.83. The molecule has 3 saturated heterocycles. The number of aliphatic hydroxyl groups is 1. The summed E-state index contributed by atoms with van der Waals surface area (Å²) in [4.78, 5) is 45.4. The first-order valence-corrected chi connectivity index (χ1v) is 13.6. The summed E-state index contributed by atoms with van der Waals surface area (Å²) in [5.41, 5.74) is 2.08. The average Bonchev–Trinajstić information content (AvgIpc) is 3.57. The van der Waals surface area contributed by atoms with Crippen LogP contribution in [0, 0.1) is 25.7 Å². The highest BCUT2D eigenvalue weighted by atomic mass is 16.6. The maximum atomic E-state index is 14.8. The van der Waals surface area contributed by atoms with Crippen LogP contribution in [-0.4, -0.2) is 65.3 Å². The number of hydrogen-bond acceptors (Lipinski definition) is 6. The van der Waals surface area contributed by atoms with E-state index < -0.39 is 41.6 Å². The Morgan fingerprint density at radius 2 is 1.90 bits per heavy atom. The summed E-state index contributed by atoms with van der Waals surface area (Å²) >= 11 is 0. The van der Waals surface area contributed by atoms with E-state index in [0.717, 1.165) is 16.8 Å². The fourth-order valence-corrected chi connectivity index (χ4v) is 7.04. The van der Waals surface area contributed by atoms with Crippen LogP contribution >= 0.6 is 0 Å². The number of likely N-dealkylation sites (tertiary alicyclic amines) is 1. The molecule has 3 heterocycles. The van der Waals surface area contributed by atoms with Gasteiger partial charge in [0.05, 0.1) is 37.2 Å². The Hall–Kier alpha value is -3.49. The van der Waals surface area contributed by atoms with Gasteiger partial charge in [-0.05, 0) is 50.3 Å². The highest BCUT2D eigenvalue weighted by Gasteiger charge is 2.75. The summed E-state index contributed by atoms with van der Waals surface area (Å²) in [7, 11) is 0. The van der Waals surface area contributed by atoms with E-state index in [2.05, 4.69) is 6.58 Å². The molecule has 39 heavy (non-hydrogen) atoms. The van der Waals surface area contributed by atoms with Crippen molar-refractivity contribution in [2.75, 3.05) is 24.7 Å². The molecule has 2 amide bonds. The number of ether oxygens (including phenoxy) is 2. The van der Waals surface area contributed by atoms with Crippen LogP contribution in [0.5, 0.6) is 0 Å². The second-order valence-electron chi connectivity index (χ2n) is 10.6. The number of nitrogens with zero attached hydrogens (tertiary/aromatic N) is 2. The van der Waals surface area contributed by atoms with Crippen molar-refractivity contribution in [3.8, 4) is 0 Å². The molecule has 2 aromatic rings. The van der Waals surface area contributed by atoms with Crippen LogP contribution in [0.15, 0.2) is 61.2 Å². The van der Waals surface area contributed by atoms with Gasteiger partial charge in [0.15, 0.2) is 0 Å². The van der Waals surface area contributed by atoms with Crippen LogP contribution in [-0.2, 0) is 23.9 Å². The Morgan fingerprint density at radius 3 is 2.51 bits per heavy atom. The minimum absolute atomic E-state index is 0.186. The number of esters is 1. The van der Waals surface area contributed by atoms with E-state index >= 15 is 0 Å². The minimum Gasteiger partial charge on any atom is -0.466 e. The molecule has 0 saturated carbocycles. The molecule has 206 valence electrons. The van der Waals surface area contributed by atoms with Crippen LogP contribution in [0.3, 0.4) is 0 Å². The average molecular weight is 533 g/mol. The number of aliphatic hydroxyl groups excluding tert-OH is 1. The van der Waals surface area contributed by atoms with Gasteiger partial charge < -0.3 is 24.4 Å². The number of hydrogen-bond donors (Lipinski definition) is 1. The summed E-state index contributed by atoms with van der Waals surface area (Å²) < 4.78 is 11.9. The lowest BCUT2D eigenvalue weighted by atomic mass is 9.70. The standard InChI is InChI=1S/C31H36N2O6/c1-5-17-32(26-19(3)11-10-12-20(26)4)29(36)27-31-16-15-23(39-31)24(30(37)38-6-2)25(31)28(35)33(27)22(18-34)21-13-8-7-9-14-21/h5,7-14,22-25,27,34H,1,6,15-18H2,2-4H3/t22-,23+,24-,25+,27?,31?/m1/s1. The predicted molar refractivity (Wildman–Crippen MR) is 146 cm³/mol. The minimum atomic E-state index is -1.20. The lowest BCUT2D eigenvalue weighted by molar-refractivity contribution is -0.155. The summed E-state index contributed by atoms with van der Waals surface area (Å²) in [6.07, 6.45) is 2.17. The molecule has 8 nitrogen and oxygen atoms in total. The molecule has 2 bridgehead atoms. The zero-order chi connectivity index (χ0) is 27.9. The predicted octanol–water partition coefficient (Wildman–Crippen LogP) is 3.49. The molecule has 1 spiro atoms. The van der Waals surface area contributed by atoms with E-state index in [9.17, 15) is 19.5 Å². The Kier molecular flexibility index (Phi) is 7.35. The fraction of sp³-hybridized carbons (Fsp3) is 0.452. The lowest BCUT2D eigenvalue weighted by Gasteiger charge is -2.40. The number of aryl methyl sites for hydroxylation is 2. The Balaban J connectivity index is 1.67. The van der Waals surface area contributed by atoms with Crippen molar-refractivity contribution < 1.29 is 29.0 Å². The molecule has 6 atom stereocenters. The summed E-state index contributed by atoms with van der Waals surface area (Å²) in [6, 6.07) is 13.2. The van der Waals surface area contributed by atoms with Gasteiger partial charge in [-0.1, -0.05) is 54.6 Å². The van der Waals surface area contributed by atoms with E-state index in [1.165, 1.54) is 4.90 Å². The number of carbonyl (C=O) groups excluding carboxylic acids is 3. The lowest BCUT2D eigenvalue weighted by Crippen LogP contribution is -2.57. The van der Waals surface area contributed by atoms with Crippen molar-refractivity contribution in [2.45, 2.75) is 57.4 Å². The number of fused-ring (bicyclic) bond motifs is 1. The maximum Gasteiger partial charge on any atom is 0.312 e. The van der Waals surface area contributed by atoms with Crippen molar-refractivity contribution in [3.05, 3.63) is 77.9 Å². The number of rotatable bonds is 9. The van der Waals surface area contributed by atoms with E-state index in [1.54, 1.807) is 17.9 Å². The molecule has 3 aliphatic heterocycles. The van der Waals surface area contributed by atoms with Crippen molar-refractivity contribution in [1.29, 1.82) is 0 Å². The molecule has 2 unspecified atom stereocenters. The van der Waals surface area contributed by atoms with Crippen molar-refractivity contribution >= 4 is 23.5 Å². The third-order valence-corrected chi connectivity index (χ3v) is 8.51. The molecule has 3 fully saturated rings. The van der Waals surface area contributed by atoms with Crippen LogP contribution < -0.4 is 4.90 Å². The van der Waals surface area contributed by atoms with Crippen LogP contribution in [0.1, 0.15) is 42.5 Å². The third kappa shape index (κ3) is 4.17. The molecule has 0 radical (unpaired) electrons. The van der Waals surface area contributed by atoms with Gasteiger partial charge in [0.1, 0.15) is 11.6 Å². The van der Waals surface area contributed by atoms with Crippen molar-refractivity contribution in [3.63, 3.8) is 0 Å². The van der Waals surface area contributed by atoms with Crippen LogP contribution in [0.4, 0.5) is 5.69 Å². The van der Waals surface area contributed by atoms with Gasteiger partial charge >= 0.3 is 5.97 Å². The number of benzene rings is 2. The first kappa shape index (κ1) is 27.1. The highest BCUT2D eigenvalue weighted by molar-refractivity contribution is 6.05.